The molecule has 0 fully saturated rings. The number of aliphatic hydroxyl groups is 1. The Balaban J connectivity index is 1.42. The van der Waals surface area contributed by atoms with Gasteiger partial charge in [0.15, 0.2) is 5.75 Å². The van der Waals surface area contributed by atoms with Crippen molar-refractivity contribution in [3.8, 4) is 22.1 Å². The largest absolute Gasteiger partial charge is 0.497 e. The predicted molar refractivity (Wildman–Crippen MR) is 172 cm³/mol. The highest BCUT2D eigenvalue weighted by Crippen LogP contribution is 2.35. The van der Waals surface area contributed by atoms with Gasteiger partial charge in [0.2, 0.25) is 0 Å². The molecule has 10 heteroatoms. The number of ether oxygens (including phenoxy) is 2. The number of hydrogen-bond donors (Lipinski definition) is 2. The lowest BCUT2D eigenvalue weighted by atomic mass is 9.98. The number of aliphatic hydroxyl groups excluding tert-OH is 1. The predicted octanol–water partition coefficient (Wildman–Crippen LogP) is 5.42. The molecule has 5 rings (SSSR count). The number of nitrogens with zero attached hydrogens (tertiary/aromatic N) is 3. The van der Waals surface area contributed by atoms with Gasteiger partial charge in [0.25, 0.3) is 11.8 Å². The number of methoxy groups -OCH3 is 1. The van der Waals surface area contributed by atoms with Crippen LogP contribution in [0.1, 0.15) is 40.1 Å². The molecule has 2 heterocycles. The molecule has 0 saturated heterocycles. The van der Waals surface area contributed by atoms with Gasteiger partial charge in [-0.15, -0.1) is 11.3 Å². The van der Waals surface area contributed by atoms with Crippen molar-refractivity contribution in [2.75, 3.05) is 39.2 Å². The number of likely N-dealkylation sites (N-methyl/N-ethyl adjacent to an activating group) is 1. The van der Waals surface area contributed by atoms with Gasteiger partial charge in [-0.3, -0.25) is 14.5 Å². The first-order valence-corrected chi connectivity index (χ1v) is 15.5. The first-order valence-electron chi connectivity index (χ1n) is 14.6. The minimum Gasteiger partial charge on any atom is -0.497 e. The van der Waals surface area contributed by atoms with E-state index in [0.717, 1.165) is 21.9 Å². The number of hydrogen-bond acceptors (Lipinski definition) is 8. The Morgan fingerprint density at radius 1 is 1.18 bits per heavy atom. The van der Waals surface area contributed by atoms with Crippen LogP contribution in [0, 0.1) is 5.92 Å². The Morgan fingerprint density at radius 3 is 2.59 bits per heavy atom. The van der Waals surface area contributed by atoms with Gasteiger partial charge in [0.05, 0.1) is 31.0 Å². The number of nitrogens with one attached hydrogen (secondary N) is 1. The summed E-state index contributed by atoms with van der Waals surface area (Å²) in [6, 6.07) is 20.0. The summed E-state index contributed by atoms with van der Waals surface area (Å²) in [5, 5.41) is 15.8. The van der Waals surface area contributed by atoms with Gasteiger partial charge >= 0.3 is 0 Å². The van der Waals surface area contributed by atoms with Crippen LogP contribution in [0.15, 0.2) is 78.3 Å². The van der Waals surface area contributed by atoms with E-state index in [1.54, 1.807) is 48.5 Å². The third-order valence-corrected chi connectivity index (χ3v) is 8.69. The fraction of sp³-hybridized carbons (Fsp3) is 0.324. The molecule has 2 N–H and O–H groups in total. The Kier molecular flexibility index (Phi) is 9.94. The van der Waals surface area contributed by atoms with Crippen molar-refractivity contribution in [2.45, 2.75) is 32.5 Å². The Bertz CT molecular complexity index is 1560. The molecular formula is C34H38N4O5S. The Morgan fingerprint density at radius 2 is 1.93 bits per heavy atom. The summed E-state index contributed by atoms with van der Waals surface area (Å²) in [6.07, 6.45) is 1.44. The summed E-state index contributed by atoms with van der Waals surface area (Å²) >= 11 is 1.53. The fourth-order valence-electron chi connectivity index (χ4n) is 5.30. The van der Waals surface area contributed by atoms with Gasteiger partial charge in [-0.2, -0.15) is 0 Å². The van der Waals surface area contributed by atoms with Crippen molar-refractivity contribution in [2.24, 2.45) is 5.92 Å². The smallest absolute Gasteiger partial charge is 0.258 e. The highest BCUT2D eigenvalue weighted by molar-refractivity contribution is 7.13. The molecule has 230 valence electrons. The maximum absolute atomic E-state index is 13.8. The second-order valence-corrected chi connectivity index (χ2v) is 12.1. The number of rotatable bonds is 10. The quantitative estimate of drug-likeness (QED) is 0.246. The van der Waals surface area contributed by atoms with Crippen LogP contribution in [0.5, 0.6) is 11.5 Å². The number of carbonyl (C=O) groups is 2. The number of thiazole rings is 1. The first-order chi connectivity index (χ1) is 21.3. The van der Waals surface area contributed by atoms with Crippen molar-refractivity contribution in [3.63, 3.8) is 0 Å². The first kappa shape index (κ1) is 31.2. The van der Waals surface area contributed by atoms with Crippen LogP contribution < -0.4 is 14.8 Å². The van der Waals surface area contributed by atoms with E-state index in [2.05, 4.69) is 15.2 Å². The monoisotopic (exact) mass is 614 g/mol. The summed E-state index contributed by atoms with van der Waals surface area (Å²) in [5.74, 6) is 0.500. The summed E-state index contributed by atoms with van der Waals surface area (Å²) in [4.78, 5) is 35.4. The minimum absolute atomic E-state index is 0.0680. The number of carbonyl (C=O) groups excluding carboxylic acids is 2. The fourth-order valence-corrected chi connectivity index (χ4v) is 5.94. The van der Waals surface area contributed by atoms with Crippen LogP contribution in [0.3, 0.4) is 0 Å². The van der Waals surface area contributed by atoms with Crippen molar-refractivity contribution >= 4 is 28.8 Å². The third kappa shape index (κ3) is 7.10. The molecule has 0 unspecified atom stereocenters. The van der Waals surface area contributed by atoms with Crippen LogP contribution in [-0.4, -0.2) is 77.7 Å². The van der Waals surface area contributed by atoms with E-state index in [0.29, 0.717) is 42.2 Å². The summed E-state index contributed by atoms with van der Waals surface area (Å²) < 4.78 is 12.0. The molecule has 44 heavy (non-hydrogen) atoms. The minimum atomic E-state index is -0.386. The molecular weight excluding hydrogens is 576 g/mol. The maximum atomic E-state index is 13.8. The SMILES string of the molecule is COc1ccc(CN(C)C[C@H]2Oc3c(NC(=O)c4ccc(-c5nccs5)cc4)cccc3C(=O)N([C@@H](C)CO)C[C@@H]2C)cc1. The molecule has 1 aromatic heterocycles. The molecule has 2 amide bonds. The van der Waals surface area contributed by atoms with Crippen LogP contribution in [0.2, 0.25) is 0 Å². The van der Waals surface area contributed by atoms with E-state index in [1.807, 2.05) is 62.7 Å². The molecule has 0 aliphatic carbocycles. The third-order valence-electron chi connectivity index (χ3n) is 7.87. The van der Waals surface area contributed by atoms with Gasteiger partial charge in [-0.05, 0) is 55.9 Å². The molecule has 1 aliphatic heterocycles. The molecule has 1 aliphatic rings. The second-order valence-electron chi connectivity index (χ2n) is 11.2. The van der Waals surface area contributed by atoms with Crippen LogP contribution >= 0.6 is 11.3 Å². The number of amides is 2. The van der Waals surface area contributed by atoms with Gasteiger partial charge in [-0.25, -0.2) is 4.98 Å². The van der Waals surface area contributed by atoms with E-state index in [1.165, 1.54) is 11.3 Å². The maximum Gasteiger partial charge on any atom is 0.258 e. The highest BCUT2D eigenvalue weighted by atomic mass is 32.1. The molecule has 4 aromatic rings. The van der Waals surface area contributed by atoms with Crippen molar-refractivity contribution in [1.29, 1.82) is 0 Å². The van der Waals surface area contributed by atoms with Crippen LogP contribution in [0.25, 0.3) is 10.6 Å². The Labute approximate surface area is 262 Å². The number of aromatic nitrogens is 1. The normalized spacial score (nSPS) is 17.3. The van der Waals surface area contributed by atoms with E-state index in [4.69, 9.17) is 9.47 Å². The molecule has 0 saturated carbocycles. The number of fused-ring (bicyclic) bond motifs is 1. The van der Waals surface area contributed by atoms with Gasteiger partial charge in [0.1, 0.15) is 16.9 Å². The van der Waals surface area contributed by atoms with Crippen LogP contribution in [-0.2, 0) is 6.54 Å². The second kappa shape index (κ2) is 14.0. The summed E-state index contributed by atoms with van der Waals surface area (Å²) in [7, 11) is 3.68. The van der Waals surface area contributed by atoms with E-state index in [9.17, 15) is 14.7 Å². The van der Waals surface area contributed by atoms with Gasteiger partial charge < -0.3 is 24.8 Å². The zero-order chi connectivity index (χ0) is 31.2. The zero-order valence-corrected chi connectivity index (χ0v) is 26.2. The molecule has 3 atom stereocenters. The van der Waals surface area contributed by atoms with Gasteiger partial charge in [0, 0.05) is 48.3 Å². The number of para-hydroxylation sites is 1. The highest BCUT2D eigenvalue weighted by Gasteiger charge is 2.34. The van der Waals surface area contributed by atoms with E-state index in [-0.39, 0.29) is 36.5 Å². The standard InChI is InChI=1S/C34H38N4O5S/c1-22-18-38(23(2)21-39)34(41)28-6-5-7-29(36-32(40)25-10-12-26(13-11-25)33-35-16-17-44-33)31(28)43-30(22)20-37(3)19-24-8-14-27(42-4)15-9-24/h5-17,22-23,30,39H,18-21H2,1-4H3,(H,36,40)/t22-,23-,30+/m0/s1. The van der Waals surface area contributed by atoms with E-state index >= 15 is 0 Å². The average Bonchev–Trinajstić information content (AvgIpc) is 3.58. The zero-order valence-electron chi connectivity index (χ0n) is 25.4. The number of anilines is 1. The molecule has 9 nitrogen and oxygen atoms in total. The molecule has 0 radical (unpaired) electrons. The topological polar surface area (TPSA) is 104 Å². The lowest BCUT2D eigenvalue weighted by molar-refractivity contribution is 0.0343. The van der Waals surface area contributed by atoms with Crippen molar-refractivity contribution in [3.05, 3.63) is 95.0 Å². The van der Waals surface area contributed by atoms with Crippen LogP contribution in [0.4, 0.5) is 5.69 Å². The number of benzene rings is 3. The molecule has 0 bridgehead atoms. The summed E-state index contributed by atoms with van der Waals surface area (Å²) in [5.41, 5.74) is 3.30. The Hall–Kier alpha value is -4.25. The average molecular weight is 615 g/mol. The summed E-state index contributed by atoms with van der Waals surface area (Å²) in [6.45, 7) is 5.40. The van der Waals surface area contributed by atoms with Crippen molar-refractivity contribution in [1.82, 2.24) is 14.8 Å². The van der Waals surface area contributed by atoms with Gasteiger partial charge in [-0.1, -0.05) is 37.3 Å². The van der Waals surface area contributed by atoms with Crippen molar-refractivity contribution < 1.29 is 24.2 Å². The molecule has 3 aromatic carbocycles. The lowest BCUT2D eigenvalue weighted by Crippen LogP contribution is -2.49. The van der Waals surface area contributed by atoms with E-state index < -0.39 is 0 Å². The molecule has 0 spiro atoms. The lowest BCUT2D eigenvalue weighted by Gasteiger charge is -2.38.